The molecule has 0 aliphatic heterocycles. The molecule has 0 aromatic heterocycles. The fourth-order valence-electron chi connectivity index (χ4n) is 2.23. The average Bonchev–Trinajstić information content (AvgIpc) is 2.47. The number of hydrogen-bond donors (Lipinski definition) is 1. The van der Waals surface area contributed by atoms with Crippen molar-refractivity contribution in [3.05, 3.63) is 35.6 Å². The largest absolute Gasteiger partial charge is 0.389 e. The van der Waals surface area contributed by atoms with E-state index in [1.165, 1.54) is 6.07 Å². The van der Waals surface area contributed by atoms with Gasteiger partial charge in [0.05, 0.1) is 18.3 Å². The lowest BCUT2D eigenvalue weighted by Crippen LogP contribution is -2.37. The van der Waals surface area contributed by atoms with Gasteiger partial charge in [-0.25, -0.2) is 4.39 Å². The maximum Gasteiger partial charge on any atom is 0.127 e. The van der Waals surface area contributed by atoms with Crippen LogP contribution in [0.15, 0.2) is 24.3 Å². The molecule has 1 atom stereocenters. The number of nitrogens with zero attached hydrogens (tertiary/aromatic N) is 1. The fourth-order valence-corrected chi connectivity index (χ4v) is 2.23. The second kappa shape index (κ2) is 9.98. The third-order valence-electron chi connectivity index (χ3n) is 3.35. The first kappa shape index (κ1) is 20.0. The van der Waals surface area contributed by atoms with Gasteiger partial charge in [0.2, 0.25) is 0 Å². The molecule has 1 aromatic carbocycles. The molecule has 0 saturated heterocycles. The van der Waals surface area contributed by atoms with Crippen LogP contribution in [0.4, 0.5) is 4.39 Å². The average molecular weight is 327 g/mol. The van der Waals surface area contributed by atoms with Gasteiger partial charge in [-0.05, 0) is 33.3 Å². The minimum Gasteiger partial charge on any atom is -0.389 e. The monoisotopic (exact) mass is 327 g/mol. The summed E-state index contributed by atoms with van der Waals surface area (Å²) < 4.78 is 24.5. The Kier molecular flexibility index (Phi) is 8.69. The molecular weight excluding hydrogens is 297 g/mol. The highest BCUT2D eigenvalue weighted by atomic mass is 19.1. The van der Waals surface area contributed by atoms with E-state index >= 15 is 0 Å². The molecule has 0 aliphatic rings. The standard InChI is InChI=1S/C18H30FNO3/c1-18(2,3)23-14-16(21)13-20(10-7-11-22-4)12-15-8-5-6-9-17(15)19/h5-6,8-9,16,21H,7,10-14H2,1-4H3/t16-/m1/s1. The number of rotatable bonds is 10. The summed E-state index contributed by atoms with van der Waals surface area (Å²) in [6.07, 6.45) is 0.223. The fraction of sp³-hybridized carbons (Fsp3) is 0.667. The summed E-state index contributed by atoms with van der Waals surface area (Å²) in [7, 11) is 1.66. The predicted octanol–water partition coefficient (Wildman–Crippen LogP) is 2.84. The van der Waals surface area contributed by atoms with Gasteiger partial charge in [0, 0.05) is 38.9 Å². The van der Waals surface area contributed by atoms with Crippen molar-refractivity contribution in [1.82, 2.24) is 4.90 Å². The Hall–Kier alpha value is -1.01. The maximum atomic E-state index is 13.8. The van der Waals surface area contributed by atoms with E-state index in [9.17, 15) is 9.50 Å². The molecule has 0 saturated carbocycles. The van der Waals surface area contributed by atoms with Crippen molar-refractivity contribution < 1.29 is 19.0 Å². The highest BCUT2D eigenvalue weighted by molar-refractivity contribution is 5.17. The zero-order chi connectivity index (χ0) is 17.3. The molecule has 0 unspecified atom stereocenters. The zero-order valence-electron chi connectivity index (χ0n) is 14.7. The number of halogens is 1. The summed E-state index contributed by atoms with van der Waals surface area (Å²) >= 11 is 0. The van der Waals surface area contributed by atoms with Gasteiger partial charge in [0.15, 0.2) is 0 Å². The molecule has 1 N–H and O–H groups in total. The van der Waals surface area contributed by atoms with Crippen molar-refractivity contribution in [2.45, 2.75) is 45.4 Å². The Bertz CT molecular complexity index is 448. The van der Waals surface area contributed by atoms with Gasteiger partial charge in [0.25, 0.3) is 0 Å². The topological polar surface area (TPSA) is 41.9 Å². The van der Waals surface area contributed by atoms with Crippen LogP contribution in [-0.4, -0.2) is 55.1 Å². The molecule has 0 fully saturated rings. The Labute approximate surface area is 139 Å². The van der Waals surface area contributed by atoms with E-state index in [-0.39, 0.29) is 18.0 Å². The molecule has 5 heteroatoms. The third-order valence-corrected chi connectivity index (χ3v) is 3.35. The van der Waals surface area contributed by atoms with E-state index < -0.39 is 6.10 Å². The highest BCUT2D eigenvalue weighted by Gasteiger charge is 2.17. The summed E-state index contributed by atoms with van der Waals surface area (Å²) in [5.74, 6) is -0.218. The molecule has 0 bridgehead atoms. The van der Waals surface area contributed by atoms with Crippen LogP contribution in [-0.2, 0) is 16.0 Å². The molecule has 4 nitrogen and oxygen atoms in total. The van der Waals surface area contributed by atoms with E-state index in [1.807, 2.05) is 31.7 Å². The van der Waals surface area contributed by atoms with Crippen LogP contribution in [0.2, 0.25) is 0 Å². The second-order valence-corrected chi connectivity index (χ2v) is 6.75. The summed E-state index contributed by atoms with van der Waals surface area (Å²) in [4.78, 5) is 2.04. The van der Waals surface area contributed by atoms with Gasteiger partial charge < -0.3 is 14.6 Å². The number of hydrogen-bond acceptors (Lipinski definition) is 4. The van der Waals surface area contributed by atoms with Crippen molar-refractivity contribution in [3.63, 3.8) is 0 Å². The summed E-state index contributed by atoms with van der Waals surface area (Å²) in [5.41, 5.74) is 0.349. The van der Waals surface area contributed by atoms with E-state index in [0.29, 0.717) is 25.3 Å². The first-order chi connectivity index (χ1) is 10.8. The number of methoxy groups -OCH3 is 1. The van der Waals surface area contributed by atoms with Gasteiger partial charge in [-0.2, -0.15) is 0 Å². The molecule has 0 radical (unpaired) electrons. The van der Waals surface area contributed by atoms with Crippen molar-refractivity contribution in [2.24, 2.45) is 0 Å². The molecule has 0 heterocycles. The molecule has 23 heavy (non-hydrogen) atoms. The van der Waals surface area contributed by atoms with Crippen LogP contribution < -0.4 is 0 Å². The van der Waals surface area contributed by atoms with Gasteiger partial charge in [-0.3, -0.25) is 4.90 Å². The van der Waals surface area contributed by atoms with Crippen LogP contribution in [0.1, 0.15) is 32.8 Å². The predicted molar refractivity (Wildman–Crippen MR) is 89.9 cm³/mol. The molecule has 0 spiro atoms. The lowest BCUT2D eigenvalue weighted by molar-refractivity contribution is -0.0570. The van der Waals surface area contributed by atoms with Crippen LogP contribution in [0.5, 0.6) is 0 Å². The van der Waals surface area contributed by atoms with E-state index in [0.717, 1.165) is 13.0 Å². The Morgan fingerprint density at radius 3 is 2.57 bits per heavy atom. The normalized spacial score (nSPS) is 13.5. The quantitative estimate of drug-likeness (QED) is 0.671. The minimum atomic E-state index is -0.608. The van der Waals surface area contributed by atoms with Crippen molar-refractivity contribution in [2.75, 3.05) is 33.4 Å². The Morgan fingerprint density at radius 1 is 1.26 bits per heavy atom. The van der Waals surface area contributed by atoms with E-state index in [1.54, 1.807) is 19.2 Å². The summed E-state index contributed by atoms with van der Waals surface area (Å²) in [6.45, 7) is 8.40. The number of aliphatic hydroxyl groups excluding tert-OH is 1. The maximum absolute atomic E-state index is 13.8. The van der Waals surface area contributed by atoms with Gasteiger partial charge in [0.1, 0.15) is 5.82 Å². The smallest absolute Gasteiger partial charge is 0.127 e. The minimum absolute atomic E-state index is 0.218. The van der Waals surface area contributed by atoms with Crippen molar-refractivity contribution in [3.8, 4) is 0 Å². The number of benzene rings is 1. The Balaban J connectivity index is 2.59. The summed E-state index contributed by atoms with van der Waals surface area (Å²) in [6, 6.07) is 6.74. The number of ether oxygens (including phenoxy) is 2. The molecule has 0 aliphatic carbocycles. The van der Waals surface area contributed by atoms with E-state index in [4.69, 9.17) is 9.47 Å². The van der Waals surface area contributed by atoms with Crippen molar-refractivity contribution >= 4 is 0 Å². The van der Waals surface area contributed by atoms with Crippen molar-refractivity contribution in [1.29, 1.82) is 0 Å². The highest BCUT2D eigenvalue weighted by Crippen LogP contribution is 2.12. The first-order valence-corrected chi connectivity index (χ1v) is 8.08. The molecular formula is C18H30FNO3. The molecule has 1 rings (SSSR count). The lowest BCUT2D eigenvalue weighted by Gasteiger charge is -2.27. The van der Waals surface area contributed by atoms with E-state index in [2.05, 4.69) is 0 Å². The van der Waals surface area contributed by atoms with Crippen LogP contribution in [0.25, 0.3) is 0 Å². The van der Waals surface area contributed by atoms with Gasteiger partial charge >= 0.3 is 0 Å². The molecule has 132 valence electrons. The second-order valence-electron chi connectivity index (χ2n) is 6.75. The van der Waals surface area contributed by atoms with Gasteiger partial charge in [-0.1, -0.05) is 18.2 Å². The van der Waals surface area contributed by atoms with Crippen LogP contribution in [0, 0.1) is 5.82 Å². The number of aliphatic hydroxyl groups is 1. The van der Waals surface area contributed by atoms with Gasteiger partial charge in [-0.15, -0.1) is 0 Å². The van der Waals surface area contributed by atoms with Crippen LogP contribution >= 0.6 is 0 Å². The third kappa shape index (κ3) is 9.01. The van der Waals surface area contributed by atoms with Crippen LogP contribution in [0.3, 0.4) is 0 Å². The molecule has 1 aromatic rings. The lowest BCUT2D eigenvalue weighted by atomic mass is 10.1. The Morgan fingerprint density at radius 2 is 1.96 bits per heavy atom. The first-order valence-electron chi connectivity index (χ1n) is 8.08. The zero-order valence-corrected chi connectivity index (χ0v) is 14.7. The summed E-state index contributed by atoms with van der Waals surface area (Å²) in [5, 5.41) is 10.2. The molecule has 0 amide bonds. The SMILES string of the molecule is COCCCN(Cc1ccccc1F)C[C@@H](O)COC(C)(C)C.